The summed E-state index contributed by atoms with van der Waals surface area (Å²) in [6.45, 7) is 2.52. The zero-order valence-electron chi connectivity index (χ0n) is 14.0. The number of fused-ring (bicyclic) bond motifs is 1. The van der Waals surface area contributed by atoms with Gasteiger partial charge in [-0.05, 0) is 32.3 Å². The second-order valence-electron chi connectivity index (χ2n) is 6.11. The summed E-state index contributed by atoms with van der Waals surface area (Å²) in [6.07, 6.45) is 2.80. The van der Waals surface area contributed by atoms with E-state index in [0.29, 0.717) is 6.54 Å². The molecule has 0 saturated carbocycles. The first-order valence-electron chi connectivity index (χ1n) is 8.03. The number of amides is 1. The summed E-state index contributed by atoms with van der Waals surface area (Å²) in [5.74, 6) is -0.333. The molecular weight excluding hydrogens is 328 g/mol. The quantitative estimate of drug-likeness (QED) is 0.481. The lowest BCUT2D eigenvalue weighted by atomic mass is 10.0. The van der Waals surface area contributed by atoms with Gasteiger partial charge in [-0.25, -0.2) is 4.79 Å². The Balaban J connectivity index is 2.13. The molecule has 1 fully saturated rings. The molecule has 1 aliphatic rings. The van der Waals surface area contributed by atoms with Crippen molar-refractivity contribution in [2.24, 2.45) is 0 Å². The molecule has 8 nitrogen and oxygen atoms in total. The van der Waals surface area contributed by atoms with Gasteiger partial charge in [-0.1, -0.05) is 0 Å². The highest BCUT2D eigenvalue weighted by Crippen LogP contribution is 2.31. The molecule has 132 valence electrons. The predicted molar refractivity (Wildman–Crippen MR) is 90.0 cm³/mol. The fourth-order valence-corrected chi connectivity index (χ4v) is 3.15. The van der Waals surface area contributed by atoms with Gasteiger partial charge in [0.2, 0.25) is 0 Å². The van der Waals surface area contributed by atoms with E-state index in [1.54, 1.807) is 4.90 Å². The number of likely N-dealkylation sites (tertiary alicyclic amines) is 1. The van der Waals surface area contributed by atoms with E-state index in [-0.39, 0.29) is 34.0 Å². The lowest BCUT2D eigenvalue weighted by Crippen LogP contribution is -2.43. The number of rotatable bonds is 3. The summed E-state index contributed by atoms with van der Waals surface area (Å²) >= 11 is 0. The minimum Gasteiger partial charge on any atom is -0.493 e. The molecular formula is C17H18N2O6. The van der Waals surface area contributed by atoms with Crippen LogP contribution >= 0.6 is 0 Å². The number of nitro benzene ring substituents is 1. The third-order valence-corrected chi connectivity index (χ3v) is 4.51. The van der Waals surface area contributed by atoms with E-state index in [2.05, 4.69) is 0 Å². The predicted octanol–water partition coefficient (Wildman–Crippen LogP) is 2.72. The summed E-state index contributed by atoms with van der Waals surface area (Å²) in [5, 5.41) is 11.3. The van der Waals surface area contributed by atoms with Gasteiger partial charge in [0.15, 0.2) is 11.3 Å². The Morgan fingerprint density at radius 1 is 1.36 bits per heavy atom. The maximum absolute atomic E-state index is 12.7. The molecule has 1 aliphatic heterocycles. The molecule has 8 heteroatoms. The molecule has 25 heavy (non-hydrogen) atoms. The number of piperidine rings is 1. The molecule has 0 radical (unpaired) electrons. The number of hydrogen-bond donors (Lipinski definition) is 0. The van der Waals surface area contributed by atoms with Crippen molar-refractivity contribution in [3.63, 3.8) is 0 Å². The topological polar surface area (TPSA) is 103 Å². The van der Waals surface area contributed by atoms with Crippen molar-refractivity contribution in [3.8, 4) is 5.75 Å². The molecule has 1 amide bonds. The van der Waals surface area contributed by atoms with Crippen LogP contribution in [-0.2, 0) is 0 Å². The van der Waals surface area contributed by atoms with Gasteiger partial charge in [-0.2, -0.15) is 0 Å². The van der Waals surface area contributed by atoms with Crippen molar-refractivity contribution in [1.29, 1.82) is 0 Å². The Hall–Kier alpha value is -2.90. The first kappa shape index (κ1) is 16.9. The standard InChI is InChI=1S/C17H18N2O6/c1-10-5-3-4-6-18(10)16(20)13-8-11-7-12(19(22)23)9-14(24-2)15(11)25-17(13)21/h7-10H,3-6H2,1-2H3/t10-/m1/s1. The molecule has 0 aliphatic carbocycles. The zero-order valence-corrected chi connectivity index (χ0v) is 14.0. The Morgan fingerprint density at radius 2 is 2.12 bits per heavy atom. The number of hydrogen-bond acceptors (Lipinski definition) is 6. The van der Waals surface area contributed by atoms with Crippen molar-refractivity contribution in [2.75, 3.05) is 13.7 Å². The maximum atomic E-state index is 12.7. The first-order valence-corrected chi connectivity index (χ1v) is 8.03. The fraction of sp³-hybridized carbons (Fsp3) is 0.412. The summed E-state index contributed by atoms with van der Waals surface area (Å²) in [6, 6.07) is 3.83. The van der Waals surface area contributed by atoms with E-state index >= 15 is 0 Å². The average Bonchev–Trinajstić information content (AvgIpc) is 2.60. The van der Waals surface area contributed by atoms with E-state index in [9.17, 15) is 19.7 Å². The minimum absolute atomic E-state index is 0.0380. The fourth-order valence-electron chi connectivity index (χ4n) is 3.15. The molecule has 3 rings (SSSR count). The molecule has 1 saturated heterocycles. The summed E-state index contributed by atoms with van der Waals surface area (Å²) in [4.78, 5) is 37.2. The Kier molecular flexibility index (Phi) is 4.43. The van der Waals surface area contributed by atoms with Gasteiger partial charge in [0.1, 0.15) is 5.56 Å². The smallest absolute Gasteiger partial charge is 0.349 e. The third kappa shape index (κ3) is 3.07. The highest BCUT2D eigenvalue weighted by atomic mass is 16.6. The lowest BCUT2D eigenvalue weighted by molar-refractivity contribution is -0.384. The van der Waals surface area contributed by atoms with Crippen molar-refractivity contribution in [3.05, 3.63) is 44.3 Å². The molecule has 1 aromatic carbocycles. The third-order valence-electron chi connectivity index (χ3n) is 4.51. The van der Waals surface area contributed by atoms with Gasteiger partial charge in [0.25, 0.3) is 11.6 Å². The summed E-state index contributed by atoms with van der Waals surface area (Å²) < 4.78 is 10.3. The van der Waals surface area contributed by atoms with Crippen LogP contribution in [0.25, 0.3) is 11.0 Å². The van der Waals surface area contributed by atoms with Crippen LogP contribution in [0, 0.1) is 10.1 Å². The molecule has 2 aromatic rings. The highest BCUT2D eigenvalue weighted by Gasteiger charge is 2.27. The monoisotopic (exact) mass is 346 g/mol. The molecule has 1 aromatic heterocycles. The number of non-ortho nitro benzene ring substituents is 1. The van der Waals surface area contributed by atoms with Crippen molar-refractivity contribution in [2.45, 2.75) is 32.2 Å². The lowest BCUT2D eigenvalue weighted by Gasteiger charge is -2.33. The average molecular weight is 346 g/mol. The van der Waals surface area contributed by atoms with Gasteiger partial charge in [0.05, 0.1) is 18.1 Å². The van der Waals surface area contributed by atoms with Gasteiger partial charge < -0.3 is 14.1 Å². The van der Waals surface area contributed by atoms with Crippen LogP contribution in [0.15, 0.2) is 27.4 Å². The number of benzene rings is 1. The van der Waals surface area contributed by atoms with Crippen LogP contribution in [0.5, 0.6) is 5.75 Å². The van der Waals surface area contributed by atoms with Gasteiger partial charge in [-0.15, -0.1) is 0 Å². The maximum Gasteiger partial charge on any atom is 0.349 e. The number of carbonyl (C=O) groups excluding carboxylic acids is 1. The molecule has 0 bridgehead atoms. The Morgan fingerprint density at radius 3 is 2.76 bits per heavy atom. The molecule has 1 atom stereocenters. The summed E-state index contributed by atoms with van der Waals surface area (Å²) in [5.41, 5.74) is -1.02. The molecule has 0 spiro atoms. The van der Waals surface area contributed by atoms with Crippen molar-refractivity contribution >= 4 is 22.6 Å². The van der Waals surface area contributed by atoms with Gasteiger partial charge in [-0.3, -0.25) is 14.9 Å². The Bertz CT molecular complexity index is 904. The normalized spacial score (nSPS) is 17.5. The van der Waals surface area contributed by atoms with Crippen LogP contribution < -0.4 is 10.4 Å². The second kappa shape index (κ2) is 6.54. The SMILES string of the molecule is COc1cc([N+](=O)[O-])cc2cc(C(=O)N3CCCC[C@H]3C)c(=O)oc12. The molecule has 0 N–H and O–H groups in total. The molecule has 0 unspecified atom stereocenters. The number of carbonyl (C=O) groups is 1. The first-order chi connectivity index (χ1) is 11.9. The van der Waals surface area contributed by atoms with Crippen LogP contribution in [0.2, 0.25) is 0 Å². The van der Waals surface area contributed by atoms with Gasteiger partial charge in [0, 0.05) is 24.0 Å². The number of nitro groups is 1. The van der Waals surface area contributed by atoms with Crippen LogP contribution in [0.3, 0.4) is 0 Å². The zero-order chi connectivity index (χ0) is 18.1. The van der Waals surface area contributed by atoms with E-state index in [0.717, 1.165) is 19.3 Å². The van der Waals surface area contributed by atoms with E-state index in [1.807, 2.05) is 6.92 Å². The minimum atomic E-state index is -0.776. The van der Waals surface area contributed by atoms with Crippen LogP contribution in [-0.4, -0.2) is 35.4 Å². The summed E-state index contributed by atoms with van der Waals surface area (Å²) in [7, 11) is 1.33. The second-order valence-corrected chi connectivity index (χ2v) is 6.11. The Labute approximate surface area is 143 Å². The van der Waals surface area contributed by atoms with E-state index < -0.39 is 16.5 Å². The van der Waals surface area contributed by atoms with Crippen LogP contribution in [0.1, 0.15) is 36.5 Å². The van der Waals surface area contributed by atoms with Crippen molar-refractivity contribution < 1.29 is 18.9 Å². The largest absolute Gasteiger partial charge is 0.493 e. The highest BCUT2D eigenvalue weighted by molar-refractivity contribution is 5.98. The number of methoxy groups -OCH3 is 1. The van der Waals surface area contributed by atoms with Gasteiger partial charge >= 0.3 is 5.63 Å². The van der Waals surface area contributed by atoms with E-state index in [1.165, 1.54) is 25.3 Å². The van der Waals surface area contributed by atoms with Crippen molar-refractivity contribution in [1.82, 2.24) is 4.90 Å². The van der Waals surface area contributed by atoms with E-state index in [4.69, 9.17) is 9.15 Å². The molecule has 2 heterocycles. The van der Waals surface area contributed by atoms with Crippen LogP contribution in [0.4, 0.5) is 5.69 Å². The number of nitrogens with zero attached hydrogens (tertiary/aromatic N) is 2. The number of ether oxygens (including phenoxy) is 1.